The molecule has 4 heteroatoms. The van der Waals surface area contributed by atoms with Crippen molar-refractivity contribution in [2.24, 2.45) is 0 Å². The van der Waals surface area contributed by atoms with Crippen molar-refractivity contribution in [3.63, 3.8) is 0 Å². The summed E-state index contributed by atoms with van der Waals surface area (Å²) in [5, 5.41) is 0. The number of hydrogen-bond acceptors (Lipinski definition) is 3. The van der Waals surface area contributed by atoms with E-state index in [9.17, 15) is 9.36 Å². The van der Waals surface area contributed by atoms with Crippen LogP contribution in [-0.4, -0.2) is 5.78 Å². The number of ketones is 1. The van der Waals surface area contributed by atoms with Gasteiger partial charge in [-0.1, -0.05) is 0 Å². The average Bonchev–Trinajstić information content (AvgIpc) is 2.06. The van der Waals surface area contributed by atoms with Crippen LogP contribution in [0.15, 0.2) is 24.3 Å². The Morgan fingerprint density at radius 2 is 1.92 bits per heavy atom. The molecule has 0 aliphatic carbocycles. The van der Waals surface area contributed by atoms with Crippen LogP contribution in [0.2, 0.25) is 0 Å². The highest BCUT2D eigenvalue weighted by Crippen LogP contribution is 2.15. The van der Waals surface area contributed by atoms with Crippen LogP contribution < -0.4 is 4.52 Å². The van der Waals surface area contributed by atoms with E-state index in [0.29, 0.717) is 11.3 Å². The van der Waals surface area contributed by atoms with Crippen LogP contribution in [0.1, 0.15) is 17.3 Å². The summed E-state index contributed by atoms with van der Waals surface area (Å²) in [6.07, 6.45) is 0. The summed E-state index contributed by atoms with van der Waals surface area (Å²) in [6.45, 7) is 1.49. The highest BCUT2D eigenvalue weighted by Gasteiger charge is 1.98. The lowest BCUT2D eigenvalue weighted by Gasteiger charge is -1.96. The average molecular weight is 182 g/mol. The first-order valence-corrected chi connectivity index (χ1v) is 4.08. The maximum Gasteiger partial charge on any atom is 0.395 e. The predicted octanol–water partition coefficient (Wildman–Crippen LogP) is 2.47. The van der Waals surface area contributed by atoms with Crippen molar-refractivity contribution >= 4 is 14.5 Å². The molecule has 12 heavy (non-hydrogen) atoms. The number of benzene rings is 1. The Balaban J connectivity index is 2.85. The summed E-state index contributed by atoms with van der Waals surface area (Å²) < 4.78 is 14.6. The smallest absolute Gasteiger partial charge is 0.395 e. The van der Waals surface area contributed by atoms with Gasteiger partial charge >= 0.3 is 8.69 Å². The normalized spacial score (nSPS) is 9.75. The Bertz CT molecular complexity index is 292. The molecule has 62 valence electrons. The molecule has 0 heterocycles. The Morgan fingerprint density at radius 3 is 2.33 bits per heavy atom. The molecule has 1 rings (SSSR count). The van der Waals surface area contributed by atoms with Crippen LogP contribution in [-0.2, 0) is 4.57 Å². The van der Waals surface area contributed by atoms with Crippen molar-refractivity contribution in [2.45, 2.75) is 6.92 Å². The second-order valence-electron chi connectivity index (χ2n) is 2.25. The van der Waals surface area contributed by atoms with Gasteiger partial charge in [-0.3, -0.25) is 4.79 Å². The van der Waals surface area contributed by atoms with E-state index in [4.69, 9.17) is 0 Å². The van der Waals surface area contributed by atoms with Gasteiger partial charge in [-0.05, 0) is 31.2 Å². The number of hydrogen-bond donors (Lipinski definition) is 0. The molecule has 0 aliphatic heterocycles. The highest BCUT2D eigenvalue weighted by atomic mass is 31.1. The molecule has 0 N–H and O–H groups in total. The van der Waals surface area contributed by atoms with E-state index in [1.807, 2.05) is 0 Å². The second-order valence-corrected chi connectivity index (χ2v) is 2.58. The van der Waals surface area contributed by atoms with Crippen molar-refractivity contribution in [3.8, 4) is 5.75 Å². The lowest BCUT2D eigenvalue weighted by atomic mass is 10.1. The van der Waals surface area contributed by atoms with Crippen LogP contribution in [0.3, 0.4) is 0 Å². The van der Waals surface area contributed by atoms with Gasteiger partial charge in [0, 0.05) is 5.56 Å². The lowest BCUT2D eigenvalue weighted by Crippen LogP contribution is -1.90. The van der Waals surface area contributed by atoms with Crippen LogP contribution in [0.5, 0.6) is 5.75 Å². The quantitative estimate of drug-likeness (QED) is 0.532. The molecule has 0 saturated heterocycles. The van der Waals surface area contributed by atoms with Gasteiger partial charge in [-0.2, -0.15) is 0 Å². The predicted molar refractivity (Wildman–Crippen MR) is 44.7 cm³/mol. The number of Topliss-reactive ketones (excluding diaryl/α,β-unsaturated/α-hetero) is 1. The molecule has 0 amide bonds. The Morgan fingerprint density at radius 1 is 1.33 bits per heavy atom. The van der Waals surface area contributed by atoms with Gasteiger partial charge in [0.25, 0.3) is 0 Å². The third-order valence-electron chi connectivity index (χ3n) is 1.40. The van der Waals surface area contributed by atoms with Crippen LogP contribution in [0.25, 0.3) is 0 Å². The minimum Gasteiger partial charge on any atom is -0.408 e. The molecular weight excluding hydrogens is 175 g/mol. The molecule has 0 radical (unpaired) electrons. The summed E-state index contributed by atoms with van der Waals surface area (Å²) in [6, 6.07) is 6.45. The van der Waals surface area contributed by atoms with Crippen molar-refractivity contribution < 1.29 is 13.9 Å². The number of rotatable bonds is 3. The van der Waals surface area contributed by atoms with E-state index in [1.165, 1.54) is 6.92 Å². The maximum absolute atomic E-state index is 10.8. The van der Waals surface area contributed by atoms with Gasteiger partial charge in [0.1, 0.15) is 5.75 Å². The topological polar surface area (TPSA) is 43.4 Å². The van der Waals surface area contributed by atoms with Gasteiger partial charge in [0.2, 0.25) is 0 Å². The molecular formula is C8H7O3P. The maximum atomic E-state index is 10.8. The SMILES string of the molecule is CC(=O)c1ccc(OP=O)cc1. The van der Waals surface area contributed by atoms with Crippen LogP contribution in [0, 0.1) is 0 Å². The van der Waals surface area contributed by atoms with E-state index in [2.05, 4.69) is 4.52 Å². The Hall–Kier alpha value is -1.21. The summed E-state index contributed by atoms with van der Waals surface area (Å²) in [5.41, 5.74) is 0.616. The zero-order chi connectivity index (χ0) is 8.97. The molecule has 3 nitrogen and oxygen atoms in total. The van der Waals surface area contributed by atoms with E-state index in [-0.39, 0.29) is 14.5 Å². The fourth-order valence-corrected chi connectivity index (χ4v) is 1.00. The minimum absolute atomic E-state index is 0.00113. The Kier molecular flexibility index (Phi) is 2.94. The lowest BCUT2D eigenvalue weighted by molar-refractivity contribution is 0.101. The molecule has 0 bridgehead atoms. The summed E-state index contributed by atoms with van der Waals surface area (Å²) >= 11 is 0. The van der Waals surface area contributed by atoms with Crippen LogP contribution in [0.4, 0.5) is 0 Å². The van der Waals surface area contributed by atoms with Crippen molar-refractivity contribution in [3.05, 3.63) is 29.8 Å². The Labute approximate surface area is 71.6 Å². The van der Waals surface area contributed by atoms with Crippen molar-refractivity contribution in [1.29, 1.82) is 0 Å². The molecule has 0 fully saturated rings. The zero-order valence-electron chi connectivity index (χ0n) is 6.48. The molecule has 1 aromatic rings. The molecule has 0 unspecified atom stereocenters. The summed E-state index contributed by atoms with van der Waals surface area (Å²) in [5.74, 6) is 0.484. The molecule has 0 saturated carbocycles. The highest BCUT2D eigenvalue weighted by molar-refractivity contribution is 7.17. The summed E-state index contributed by atoms with van der Waals surface area (Å²) in [4.78, 5) is 10.8. The van der Waals surface area contributed by atoms with Gasteiger partial charge in [0.15, 0.2) is 5.78 Å². The monoisotopic (exact) mass is 182 g/mol. The number of carbonyl (C=O) groups excluding carboxylic acids is 1. The fraction of sp³-hybridized carbons (Fsp3) is 0.125. The zero-order valence-corrected chi connectivity index (χ0v) is 7.38. The van der Waals surface area contributed by atoms with Gasteiger partial charge in [0.05, 0.1) is 0 Å². The van der Waals surface area contributed by atoms with E-state index < -0.39 is 0 Å². The van der Waals surface area contributed by atoms with E-state index in [0.717, 1.165) is 0 Å². The first-order valence-electron chi connectivity index (χ1n) is 3.34. The van der Waals surface area contributed by atoms with Gasteiger partial charge in [-0.15, -0.1) is 0 Å². The van der Waals surface area contributed by atoms with Gasteiger partial charge < -0.3 is 4.52 Å². The second kappa shape index (κ2) is 3.98. The molecule has 0 aliphatic rings. The van der Waals surface area contributed by atoms with Crippen molar-refractivity contribution in [1.82, 2.24) is 0 Å². The molecule has 0 spiro atoms. The molecule has 1 aromatic carbocycles. The van der Waals surface area contributed by atoms with Crippen molar-refractivity contribution in [2.75, 3.05) is 0 Å². The third kappa shape index (κ3) is 2.14. The third-order valence-corrected chi connectivity index (χ3v) is 1.69. The first kappa shape index (κ1) is 8.88. The number of carbonyl (C=O) groups is 1. The van der Waals surface area contributed by atoms with E-state index >= 15 is 0 Å². The standard InChI is InChI=1S/C8H7O3P/c1-6(9)7-2-4-8(5-3-7)11-12-10/h2-5H,1H3. The molecule has 0 atom stereocenters. The van der Waals surface area contributed by atoms with Crippen LogP contribution >= 0.6 is 8.69 Å². The first-order chi connectivity index (χ1) is 5.74. The summed E-state index contributed by atoms with van der Waals surface area (Å²) in [7, 11) is -0.387. The van der Waals surface area contributed by atoms with E-state index in [1.54, 1.807) is 24.3 Å². The fourth-order valence-electron chi connectivity index (χ4n) is 0.794. The minimum atomic E-state index is -0.387. The van der Waals surface area contributed by atoms with Gasteiger partial charge in [-0.25, -0.2) is 4.57 Å². The largest absolute Gasteiger partial charge is 0.408 e. The molecule has 0 aromatic heterocycles.